The third kappa shape index (κ3) is 1.97. The maximum absolute atomic E-state index is 5.42. The van der Waals surface area contributed by atoms with Crippen LogP contribution in [0.2, 0.25) is 0 Å². The van der Waals surface area contributed by atoms with Crippen molar-refractivity contribution in [2.45, 2.75) is 44.6 Å². The van der Waals surface area contributed by atoms with Crippen molar-refractivity contribution in [3.63, 3.8) is 0 Å². The second-order valence-electron chi connectivity index (χ2n) is 6.75. The molecule has 2 nitrogen and oxygen atoms in total. The molecule has 0 unspecified atom stereocenters. The Morgan fingerprint density at radius 3 is 2.84 bits per heavy atom. The van der Waals surface area contributed by atoms with Gasteiger partial charge in [0.05, 0.1) is 7.11 Å². The summed E-state index contributed by atoms with van der Waals surface area (Å²) in [5.41, 5.74) is 3.27. The number of benzene rings is 1. The first kappa shape index (κ1) is 13.0. The van der Waals surface area contributed by atoms with E-state index >= 15 is 0 Å². The van der Waals surface area contributed by atoms with Crippen LogP contribution in [0.1, 0.15) is 37.8 Å². The zero-order chi connectivity index (χ0) is 13.6. The zero-order valence-electron chi connectivity index (χ0n) is 12.6. The molecule has 0 aromatic heterocycles. The molecule has 1 aromatic carbocycles. The maximum atomic E-state index is 5.42. The molecular weight excluding hydrogens is 234 g/mol. The molecule has 0 amide bonds. The van der Waals surface area contributed by atoms with Gasteiger partial charge in [0.1, 0.15) is 5.75 Å². The van der Waals surface area contributed by atoms with Crippen LogP contribution < -0.4 is 4.74 Å². The number of hydrogen-bond acceptors (Lipinski definition) is 2. The molecule has 1 fully saturated rings. The number of ether oxygens (including phenoxy) is 1. The molecule has 2 atom stereocenters. The van der Waals surface area contributed by atoms with Crippen molar-refractivity contribution in [2.75, 3.05) is 20.7 Å². The lowest BCUT2D eigenvalue weighted by Gasteiger charge is -2.51. The molecule has 104 valence electrons. The van der Waals surface area contributed by atoms with Crippen molar-refractivity contribution < 1.29 is 4.74 Å². The molecule has 0 saturated carbocycles. The minimum Gasteiger partial charge on any atom is -0.497 e. The SMILES string of the molecule is COc1ccc2c(c1)C(C)(C)[C@@H]1CCCN(C)[C@@H]1C2. The minimum absolute atomic E-state index is 0.251. The summed E-state index contributed by atoms with van der Waals surface area (Å²) in [7, 11) is 4.05. The Bertz CT molecular complexity index is 480. The normalized spacial score (nSPS) is 29.5. The Morgan fingerprint density at radius 2 is 2.11 bits per heavy atom. The molecule has 1 aliphatic carbocycles. The number of likely N-dealkylation sites (tertiary alicyclic amines) is 1. The number of likely N-dealkylation sites (N-methyl/N-ethyl adjacent to an activating group) is 1. The Morgan fingerprint density at radius 1 is 1.32 bits per heavy atom. The van der Waals surface area contributed by atoms with Gasteiger partial charge in [-0.3, -0.25) is 0 Å². The number of fused-ring (bicyclic) bond motifs is 2. The first-order chi connectivity index (χ1) is 9.04. The fourth-order valence-corrected chi connectivity index (χ4v) is 4.25. The molecule has 0 radical (unpaired) electrons. The van der Waals surface area contributed by atoms with E-state index in [4.69, 9.17) is 4.74 Å². The van der Waals surface area contributed by atoms with Crippen molar-refractivity contribution in [2.24, 2.45) is 5.92 Å². The molecule has 19 heavy (non-hydrogen) atoms. The first-order valence-corrected chi connectivity index (χ1v) is 7.41. The second-order valence-corrected chi connectivity index (χ2v) is 6.75. The molecular formula is C17H25NO. The average Bonchev–Trinajstić information content (AvgIpc) is 2.40. The van der Waals surface area contributed by atoms with Crippen molar-refractivity contribution in [1.29, 1.82) is 0 Å². The van der Waals surface area contributed by atoms with Crippen molar-refractivity contribution in [3.05, 3.63) is 29.3 Å². The summed E-state index contributed by atoms with van der Waals surface area (Å²) < 4.78 is 5.42. The van der Waals surface area contributed by atoms with Gasteiger partial charge in [-0.2, -0.15) is 0 Å². The number of nitrogens with zero attached hydrogens (tertiary/aromatic N) is 1. The first-order valence-electron chi connectivity index (χ1n) is 7.41. The van der Waals surface area contributed by atoms with E-state index in [1.54, 1.807) is 7.11 Å². The van der Waals surface area contributed by atoms with E-state index in [-0.39, 0.29) is 5.41 Å². The summed E-state index contributed by atoms with van der Waals surface area (Å²) in [6.45, 7) is 6.09. The van der Waals surface area contributed by atoms with Crippen LogP contribution in [0.3, 0.4) is 0 Å². The van der Waals surface area contributed by atoms with Gasteiger partial charge >= 0.3 is 0 Å². The summed E-state index contributed by atoms with van der Waals surface area (Å²) in [4.78, 5) is 2.57. The predicted molar refractivity (Wildman–Crippen MR) is 78.9 cm³/mol. The molecule has 3 rings (SSSR count). The molecule has 1 heterocycles. The third-order valence-corrected chi connectivity index (χ3v) is 5.42. The van der Waals surface area contributed by atoms with Crippen LogP contribution in [0.25, 0.3) is 0 Å². The molecule has 2 heteroatoms. The van der Waals surface area contributed by atoms with Crippen LogP contribution >= 0.6 is 0 Å². The van der Waals surface area contributed by atoms with Crippen LogP contribution in [0.4, 0.5) is 0 Å². The Hall–Kier alpha value is -1.02. The van der Waals surface area contributed by atoms with Crippen LogP contribution in [0, 0.1) is 5.92 Å². The summed E-state index contributed by atoms with van der Waals surface area (Å²) in [6.07, 6.45) is 3.89. The largest absolute Gasteiger partial charge is 0.497 e. The molecule has 0 spiro atoms. The summed E-state index contributed by atoms with van der Waals surface area (Å²) in [5.74, 6) is 1.76. The van der Waals surface area contributed by atoms with Crippen molar-refractivity contribution in [3.8, 4) is 5.75 Å². The Kier molecular flexibility index (Phi) is 3.09. The summed E-state index contributed by atoms with van der Waals surface area (Å²) >= 11 is 0. The van der Waals surface area contributed by atoms with Gasteiger partial charge in [-0.25, -0.2) is 0 Å². The lowest BCUT2D eigenvalue weighted by atomic mass is 9.60. The van der Waals surface area contributed by atoms with E-state index in [1.807, 2.05) is 0 Å². The number of methoxy groups -OCH3 is 1. The minimum atomic E-state index is 0.251. The molecule has 1 saturated heterocycles. The van der Waals surface area contributed by atoms with Crippen LogP contribution in [-0.2, 0) is 11.8 Å². The standard InChI is InChI=1S/C17H25NO/c1-17(2)14-6-5-9-18(3)16(14)10-12-7-8-13(19-4)11-15(12)17/h7-8,11,14,16H,5-6,9-10H2,1-4H3/t14-,16-/m1/s1. The highest BCUT2D eigenvalue weighted by Gasteiger charge is 2.45. The highest BCUT2D eigenvalue weighted by molar-refractivity contribution is 5.43. The fourth-order valence-electron chi connectivity index (χ4n) is 4.25. The highest BCUT2D eigenvalue weighted by Crippen LogP contribution is 2.47. The van der Waals surface area contributed by atoms with Gasteiger partial charge < -0.3 is 9.64 Å². The Balaban J connectivity index is 2.07. The van der Waals surface area contributed by atoms with Gasteiger partial charge in [0, 0.05) is 6.04 Å². The van der Waals surface area contributed by atoms with Gasteiger partial charge in [-0.15, -0.1) is 0 Å². The van der Waals surface area contributed by atoms with Crippen molar-refractivity contribution >= 4 is 0 Å². The third-order valence-electron chi connectivity index (χ3n) is 5.42. The molecule has 1 aliphatic heterocycles. The summed E-state index contributed by atoms with van der Waals surface area (Å²) in [5, 5.41) is 0. The number of hydrogen-bond donors (Lipinski definition) is 0. The zero-order valence-corrected chi connectivity index (χ0v) is 12.6. The van der Waals surface area contributed by atoms with E-state index < -0.39 is 0 Å². The van der Waals surface area contributed by atoms with Gasteiger partial charge in [-0.1, -0.05) is 19.9 Å². The topological polar surface area (TPSA) is 12.5 Å². The van der Waals surface area contributed by atoms with Crippen molar-refractivity contribution in [1.82, 2.24) is 4.90 Å². The van der Waals surface area contributed by atoms with Crippen LogP contribution in [0.15, 0.2) is 18.2 Å². The molecule has 0 bridgehead atoms. The van der Waals surface area contributed by atoms with E-state index in [0.717, 1.165) is 11.7 Å². The predicted octanol–water partition coefficient (Wildman–Crippen LogP) is 3.24. The molecule has 0 N–H and O–H groups in total. The fraction of sp³-hybridized carbons (Fsp3) is 0.647. The van der Waals surface area contributed by atoms with E-state index in [0.29, 0.717) is 6.04 Å². The lowest BCUT2D eigenvalue weighted by molar-refractivity contribution is 0.0637. The smallest absolute Gasteiger partial charge is 0.119 e. The lowest BCUT2D eigenvalue weighted by Crippen LogP contribution is -2.53. The maximum Gasteiger partial charge on any atom is 0.119 e. The summed E-state index contributed by atoms with van der Waals surface area (Å²) in [6, 6.07) is 7.36. The monoisotopic (exact) mass is 259 g/mol. The van der Waals surface area contributed by atoms with Gasteiger partial charge in [0.25, 0.3) is 0 Å². The Labute approximate surface area is 116 Å². The molecule has 1 aromatic rings. The number of rotatable bonds is 1. The van der Waals surface area contributed by atoms with Gasteiger partial charge in [-0.05, 0) is 67.4 Å². The van der Waals surface area contributed by atoms with Crippen LogP contribution in [-0.4, -0.2) is 31.6 Å². The second kappa shape index (κ2) is 4.52. The number of piperidine rings is 1. The highest BCUT2D eigenvalue weighted by atomic mass is 16.5. The van der Waals surface area contributed by atoms with Gasteiger partial charge in [0.15, 0.2) is 0 Å². The van der Waals surface area contributed by atoms with E-state index in [9.17, 15) is 0 Å². The molecule has 2 aliphatic rings. The quantitative estimate of drug-likeness (QED) is 0.767. The van der Waals surface area contributed by atoms with E-state index in [1.165, 1.54) is 36.9 Å². The van der Waals surface area contributed by atoms with E-state index in [2.05, 4.69) is 44.0 Å². The average molecular weight is 259 g/mol. The van der Waals surface area contributed by atoms with Gasteiger partial charge in [0.2, 0.25) is 0 Å². The van der Waals surface area contributed by atoms with Crippen LogP contribution in [0.5, 0.6) is 5.75 Å².